The quantitative estimate of drug-likeness (QED) is 0.524. The van der Waals surface area contributed by atoms with Crippen molar-refractivity contribution in [3.05, 3.63) is 41.6 Å². The van der Waals surface area contributed by atoms with Crippen molar-refractivity contribution in [2.75, 3.05) is 36.2 Å². The number of hydrogen-bond acceptors (Lipinski definition) is 7. The number of likely N-dealkylation sites (N-methyl/N-ethyl adjacent to an activating group) is 1. The molecule has 1 aromatic carbocycles. The molecule has 0 bridgehead atoms. The fraction of sp³-hybridized carbons (Fsp3) is 0.375. The number of pyridine rings is 1. The molecule has 202 valence electrons. The van der Waals surface area contributed by atoms with Crippen LogP contribution in [0.2, 0.25) is 0 Å². The zero-order valence-electron chi connectivity index (χ0n) is 21.0. The molecule has 2 aliphatic heterocycles. The second-order valence-electron chi connectivity index (χ2n) is 9.60. The summed E-state index contributed by atoms with van der Waals surface area (Å²) < 4.78 is 43.0. The van der Waals surface area contributed by atoms with E-state index in [0.29, 0.717) is 16.9 Å². The smallest absolute Gasteiger partial charge is 0.404 e. The summed E-state index contributed by atoms with van der Waals surface area (Å²) in [6, 6.07) is 4.06. The van der Waals surface area contributed by atoms with Gasteiger partial charge in [0.15, 0.2) is 5.75 Å². The van der Waals surface area contributed by atoms with Crippen molar-refractivity contribution >= 4 is 40.9 Å². The highest BCUT2D eigenvalue weighted by Crippen LogP contribution is 2.39. The second kappa shape index (κ2) is 9.59. The molecule has 1 aromatic heterocycles. The number of amides is 5. The van der Waals surface area contributed by atoms with Crippen LogP contribution in [-0.4, -0.2) is 71.1 Å². The number of carbonyl (C=O) groups is 4. The Labute approximate surface area is 215 Å². The molecule has 3 heterocycles. The number of urea groups is 1. The number of alkyl halides is 3. The largest absolute Gasteiger partial charge is 0.573 e. The number of carbonyl (C=O) groups excluding carboxylic acids is 4. The minimum atomic E-state index is -5.04. The van der Waals surface area contributed by atoms with Crippen molar-refractivity contribution in [1.82, 2.24) is 14.8 Å². The van der Waals surface area contributed by atoms with Gasteiger partial charge in [0, 0.05) is 18.3 Å². The molecule has 2 N–H and O–H groups in total. The molecular formula is C24H25F3N6O5. The topological polar surface area (TPSA) is 124 Å². The van der Waals surface area contributed by atoms with E-state index in [4.69, 9.17) is 0 Å². The molecular weight excluding hydrogens is 509 g/mol. The summed E-state index contributed by atoms with van der Waals surface area (Å²) in [7, 11) is 3.21. The third kappa shape index (κ3) is 5.25. The van der Waals surface area contributed by atoms with Crippen LogP contribution in [0.15, 0.2) is 30.5 Å². The monoisotopic (exact) mass is 534 g/mol. The number of nitrogens with zero attached hydrogens (tertiary/aromatic N) is 4. The van der Waals surface area contributed by atoms with Gasteiger partial charge in [-0.15, -0.1) is 13.2 Å². The van der Waals surface area contributed by atoms with E-state index < -0.39 is 35.5 Å². The summed E-state index contributed by atoms with van der Waals surface area (Å²) in [5.41, 5.74) is -0.512. The van der Waals surface area contributed by atoms with Crippen LogP contribution in [0.5, 0.6) is 5.75 Å². The van der Waals surface area contributed by atoms with Crippen molar-refractivity contribution in [3.63, 3.8) is 0 Å². The minimum absolute atomic E-state index is 0.0183. The predicted molar refractivity (Wildman–Crippen MR) is 129 cm³/mol. The highest BCUT2D eigenvalue weighted by atomic mass is 19.4. The molecule has 2 aliphatic rings. The van der Waals surface area contributed by atoms with Crippen molar-refractivity contribution in [2.45, 2.75) is 38.7 Å². The van der Waals surface area contributed by atoms with Gasteiger partial charge in [0.25, 0.3) is 5.91 Å². The van der Waals surface area contributed by atoms with Crippen LogP contribution in [0.25, 0.3) is 0 Å². The van der Waals surface area contributed by atoms with Gasteiger partial charge < -0.3 is 25.2 Å². The maximum absolute atomic E-state index is 13.5. The first kappa shape index (κ1) is 26.9. The Bertz CT molecular complexity index is 1330. The van der Waals surface area contributed by atoms with Gasteiger partial charge in [-0.1, -0.05) is 0 Å². The van der Waals surface area contributed by atoms with E-state index in [1.165, 1.54) is 16.0 Å². The predicted octanol–water partition coefficient (Wildman–Crippen LogP) is 2.72. The number of anilines is 3. The van der Waals surface area contributed by atoms with Crippen LogP contribution >= 0.6 is 0 Å². The van der Waals surface area contributed by atoms with Crippen LogP contribution in [0, 0.1) is 0 Å². The molecule has 0 aliphatic carbocycles. The summed E-state index contributed by atoms with van der Waals surface area (Å²) in [6.45, 7) is 2.93. The van der Waals surface area contributed by atoms with E-state index in [0.717, 1.165) is 23.1 Å². The number of aromatic nitrogens is 1. The third-order valence-corrected chi connectivity index (χ3v) is 6.08. The number of benzene rings is 1. The van der Waals surface area contributed by atoms with Crippen LogP contribution in [0.1, 0.15) is 25.0 Å². The second-order valence-corrected chi connectivity index (χ2v) is 9.60. The zero-order valence-corrected chi connectivity index (χ0v) is 21.0. The summed E-state index contributed by atoms with van der Waals surface area (Å²) in [4.78, 5) is 58.8. The van der Waals surface area contributed by atoms with E-state index >= 15 is 0 Å². The number of halogens is 3. The Morgan fingerprint density at radius 3 is 2.58 bits per heavy atom. The molecule has 1 fully saturated rings. The highest BCUT2D eigenvalue weighted by molar-refractivity contribution is 6.23. The first-order valence-electron chi connectivity index (χ1n) is 11.4. The van der Waals surface area contributed by atoms with Crippen molar-refractivity contribution in [3.8, 4) is 5.75 Å². The van der Waals surface area contributed by atoms with E-state index in [-0.39, 0.29) is 36.8 Å². The number of fused-ring (bicyclic) bond motifs is 1. The molecule has 14 heteroatoms. The van der Waals surface area contributed by atoms with E-state index in [9.17, 15) is 32.3 Å². The third-order valence-electron chi connectivity index (χ3n) is 6.08. The SMILES string of the molecule is CN(C)CC(=O)Nc1cc(N2C(=O)N(Cc3ccnc4c3CC(=O)N4)C(C)(C)C2=O)ccc1OC(F)(F)F. The Morgan fingerprint density at radius 2 is 1.92 bits per heavy atom. The van der Waals surface area contributed by atoms with Crippen LogP contribution in [-0.2, 0) is 27.3 Å². The molecule has 0 spiro atoms. The van der Waals surface area contributed by atoms with Gasteiger partial charge in [0.05, 0.1) is 24.3 Å². The van der Waals surface area contributed by atoms with Gasteiger partial charge >= 0.3 is 12.4 Å². The maximum atomic E-state index is 13.5. The normalized spacial score (nSPS) is 16.7. The van der Waals surface area contributed by atoms with Crippen LogP contribution < -0.4 is 20.3 Å². The molecule has 0 radical (unpaired) electrons. The van der Waals surface area contributed by atoms with Gasteiger partial charge in [-0.05, 0) is 57.8 Å². The van der Waals surface area contributed by atoms with Gasteiger partial charge in [-0.2, -0.15) is 0 Å². The van der Waals surface area contributed by atoms with Gasteiger partial charge in [0.1, 0.15) is 11.4 Å². The lowest BCUT2D eigenvalue weighted by Crippen LogP contribution is -2.43. The highest BCUT2D eigenvalue weighted by Gasteiger charge is 2.52. The standard InChI is InChI=1S/C24H25F3N6O5/c1-23(2)21(36)33(22(37)32(23)11-13-7-8-28-20-15(13)10-18(34)30-20)14-5-6-17(38-24(25,26)27)16(9-14)29-19(35)12-31(3)4/h5-9H,10-12H2,1-4H3,(H,29,35)(H,28,30,34). The molecule has 2 aromatic rings. The number of rotatable bonds is 7. The molecule has 0 unspecified atom stereocenters. The fourth-order valence-electron chi connectivity index (χ4n) is 4.27. The van der Waals surface area contributed by atoms with E-state index in [1.807, 2.05) is 0 Å². The maximum Gasteiger partial charge on any atom is 0.573 e. The lowest BCUT2D eigenvalue weighted by molar-refractivity contribution is -0.274. The Kier molecular flexibility index (Phi) is 6.78. The van der Waals surface area contributed by atoms with Crippen LogP contribution in [0.3, 0.4) is 0 Å². The van der Waals surface area contributed by atoms with E-state index in [1.54, 1.807) is 34.0 Å². The van der Waals surface area contributed by atoms with Crippen molar-refractivity contribution < 1.29 is 37.1 Å². The Morgan fingerprint density at radius 1 is 1.21 bits per heavy atom. The minimum Gasteiger partial charge on any atom is -0.404 e. The van der Waals surface area contributed by atoms with Gasteiger partial charge in [-0.3, -0.25) is 14.4 Å². The molecule has 4 rings (SSSR count). The fourth-order valence-corrected chi connectivity index (χ4v) is 4.27. The molecule has 0 atom stereocenters. The lowest BCUT2D eigenvalue weighted by atomic mass is 10.0. The van der Waals surface area contributed by atoms with Gasteiger partial charge in [0.2, 0.25) is 11.8 Å². The number of ether oxygens (including phenoxy) is 1. The van der Waals surface area contributed by atoms with Crippen LogP contribution in [0.4, 0.5) is 35.2 Å². The summed E-state index contributed by atoms with van der Waals surface area (Å²) >= 11 is 0. The first-order chi connectivity index (χ1) is 17.7. The lowest BCUT2D eigenvalue weighted by Gasteiger charge is -2.28. The molecule has 38 heavy (non-hydrogen) atoms. The first-order valence-corrected chi connectivity index (χ1v) is 11.4. The average molecular weight is 534 g/mol. The van der Waals surface area contributed by atoms with E-state index in [2.05, 4.69) is 20.4 Å². The van der Waals surface area contributed by atoms with Crippen molar-refractivity contribution in [1.29, 1.82) is 0 Å². The summed E-state index contributed by atoms with van der Waals surface area (Å²) in [5.74, 6) is -1.81. The Balaban J connectivity index is 1.68. The summed E-state index contributed by atoms with van der Waals surface area (Å²) in [5, 5.41) is 4.98. The molecule has 5 amide bonds. The Hall–Kier alpha value is -4.20. The number of hydrogen-bond donors (Lipinski definition) is 2. The molecule has 11 nitrogen and oxygen atoms in total. The molecule has 0 saturated carbocycles. The zero-order chi connectivity index (χ0) is 28.0. The molecule has 1 saturated heterocycles. The van der Waals surface area contributed by atoms with Gasteiger partial charge in [-0.25, -0.2) is 14.7 Å². The number of imide groups is 1. The number of nitrogens with one attached hydrogen (secondary N) is 2. The van der Waals surface area contributed by atoms with Crippen molar-refractivity contribution in [2.24, 2.45) is 0 Å². The average Bonchev–Trinajstić information content (AvgIpc) is 3.24. The summed E-state index contributed by atoms with van der Waals surface area (Å²) in [6.07, 6.45) is -3.48.